The van der Waals surface area contributed by atoms with Gasteiger partial charge in [0.25, 0.3) is 0 Å². The standard InChI is InChI=1S/C29H21NS/c30-20-25-18-24-19-26(16-21-10-4-1-5-11-21)31-29(24)28(23-14-8-3-9-15-23)27(25)17-22-12-6-2-7-13-22/h1-15,18-19H,16-17H2. The summed E-state index contributed by atoms with van der Waals surface area (Å²) in [5.41, 5.74) is 6.77. The van der Waals surface area contributed by atoms with Gasteiger partial charge in [-0.1, -0.05) is 91.0 Å². The van der Waals surface area contributed by atoms with Crippen molar-refractivity contribution in [3.8, 4) is 17.2 Å². The largest absolute Gasteiger partial charge is 0.192 e. The lowest BCUT2D eigenvalue weighted by Gasteiger charge is -2.14. The average Bonchev–Trinajstić information content (AvgIpc) is 3.22. The Hall–Kier alpha value is -3.67. The molecule has 0 saturated carbocycles. The molecule has 5 aromatic rings. The molecule has 0 amide bonds. The highest BCUT2D eigenvalue weighted by atomic mass is 32.1. The second-order valence-corrected chi connectivity index (χ2v) is 8.85. The fourth-order valence-electron chi connectivity index (χ4n) is 4.15. The van der Waals surface area contributed by atoms with Gasteiger partial charge < -0.3 is 0 Å². The van der Waals surface area contributed by atoms with Crippen LogP contribution in [0.25, 0.3) is 21.2 Å². The SMILES string of the molecule is N#Cc1cc2cc(Cc3ccccc3)sc2c(-c2ccccc2)c1Cc1ccccc1. The van der Waals surface area contributed by atoms with Gasteiger partial charge in [-0.05, 0) is 46.2 Å². The molecule has 5 rings (SSSR count). The first-order valence-electron chi connectivity index (χ1n) is 10.4. The third-order valence-corrected chi connectivity index (χ3v) is 6.76. The van der Waals surface area contributed by atoms with Crippen LogP contribution in [0.1, 0.15) is 27.1 Å². The van der Waals surface area contributed by atoms with Crippen molar-refractivity contribution >= 4 is 21.4 Å². The zero-order valence-corrected chi connectivity index (χ0v) is 17.9. The van der Waals surface area contributed by atoms with Gasteiger partial charge >= 0.3 is 0 Å². The van der Waals surface area contributed by atoms with E-state index in [0.717, 1.165) is 29.4 Å². The molecule has 2 heteroatoms. The Morgan fingerprint density at radius 1 is 0.677 bits per heavy atom. The number of nitriles is 1. The Morgan fingerprint density at radius 2 is 1.26 bits per heavy atom. The number of fused-ring (bicyclic) bond motifs is 1. The van der Waals surface area contributed by atoms with E-state index in [-0.39, 0.29) is 0 Å². The molecule has 1 nitrogen and oxygen atoms in total. The van der Waals surface area contributed by atoms with E-state index in [1.165, 1.54) is 31.8 Å². The van der Waals surface area contributed by atoms with Gasteiger partial charge in [0.2, 0.25) is 0 Å². The first kappa shape index (κ1) is 19.3. The number of nitrogens with zero attached hydrogens (tertiary/aromatic N) is 1. The molecule has 31 heavy (non-hydrogen) atoms. The van der Waals surface area contributed by atoms with Crippen LogP contribution in [0.15, 0.2) is 103 Å². The van der Waals surface area contributed by atoms with E-state index >= 15 is 0 Å². The fourth-order valence-corrected chi connectivity index (χ4v) is 5.42. The highest BCUT2D eigenvalue weighted by Crippen LogP contribution is 2.40. The molecule has 0 aliphatic heterocycles. The predicted octanol–water partition coefficient (Wildman–Crippen LogP) is 7.62. The number of rotatable bonds is 5. The maximum atomic E-state index is 10.0. The summed E-state index contributed by atoms with van der Waals surface area (Å²) in [5, 5.41) is 11.2. The molecular weight excluding hydrogens is 394 g/mol. The summed E-state index contributed by atoms with van der Waals surface area (Å²) in [7, 11) is 0. The lowest BCUT2D eigenvalue weighted by Crippen LogP contribution is -1.97. The molecule has 0 fully saturated rings. The second kappa shape index (κ2) is 8.60. The fraction of sp³-hybridized carbons (Fsp3) is 0.0690. The van der Waals surface area contributed by atoms with Crippen molar-refractivity contribution in [2.24, 2.45) is 0 Å². The molecule has 4 aromatic carbocycles. The molecule has 0 aliphatic rings. The minimum atomic E-state index is 0.746. The van der Waals surface area contributed by atoms with Gasteiger partial charge in [-0.15, -0.1) is 11.3 Å². The summed E-state index contributed by atoms with van der Waals surface area (Å²) in [6.07, 6.45) is 1.65. The normalized spacial score (nSPS) is 10.8. The molecule has 0 spiro atoms. The third-order valence-electron chi connectivity index (χ3n) is 5.59. The Balaban J connectivity index is 1.71. The first-order chi connectivity index (χ1) is 15.3. The van der Waals surface area contributed by atoms with Crippen molar-refractivity contribution in [1.82, 2.24) is 0 Å². The Labute approximate surface area is 186 Å². The van der Waals surface area contributed by atoms with Crippen molar-refractivity contribution in [3.05, 3.63) is 130 Å². The van der Waals surface area contributed by atoms with Gasteiger partial charge in [0.05, 0.1) is 11.6 Å². The second-order valence-electron chi connectivity index (χ2n) is 7.71. The van der Waals surface area contributed by atoms with Crippen molar-refractivity contribution in [2.45, 2.75) is 12.8 Å². The van der Waals surface area contributed by atoms with Gasteiger partial charge in [-0.25, -0.2) is 0 Å². The van der Waals surface area contributed by atoms with E-state index in [2.05, 4.69) is 97.1 Å². The molecule has 0 aliphatic carbocycles. The quantitative estimate of drug-likeness (QED) is 0.290. The average molecular weight is 416 g/mol. The lowest BCUT2D eigenvalue weighted by molar-refractivity contribution is 1.19. The number of thiophene rings is 1. The maximum Gasteiger partial charge on any atom is 0.0995 e. The maximum absolute atomic E-state index is 10.0. The summed E-state index contributed by atoms with van der Waals surface area (Å²) in [6, 6.07) is 38.3. The van der Waals surface area contributed by atoms with Crippen LogP contribution >= 0.6 is 11.3 Å². The molecule has 0 N–H and O–H groups in total. The molecule has 0 unspecified atom stereocenters. The summed E-state index contributed by atoms with van der Waals surface area (Å²) in [6.45, 7) is 0. The zero-order chi connectivity index (χ0) is 21.0. The molecule has 148 valence electrons. The van der Waals surface area contributed by atoms with Gasteiger partial charge in [0.1, 0.15) is 0 Å². The molecule has 0 atom stereocenters. The summed E-state index contributed by atoms with van der Waals surface area (Å²) in [4.78, 5) is 1.32. The minimum Gasteiger partial charge on any atom is -0.192 e. The molecule has 1 aromatic heterocycles. The monoisotopic (exact) mass is 415 g/mol. The topological polar surface area (TPSA) is 23.8 Å². The van der Waals surface area contributed by atoms with Crippen LogP contribution in [0.2, 0.25) is 0 Å². The van der Waals surface area contributed by atoms with Gasteiger partial charge in [0, 0.05) is 21.6 Å². The molecule has 0 bridgehead atoms. The van der Waals surface area contributed by atoms with Crippen molar-refractivity contribution in [3.63, 3.8) is 0 Å². The van der Waals surface area contributed by atoms with Crippen LogP contribution in [0, 0.1) is 11.3 Å². The molecule has 0 saturated heterocycles. The number of hydrogen-bond acceptors (Lipinski definition) is 2. The van der Waals surface area contributed by atoms with Crippen molar-refractivity contribution in [2.75, 3.05) is 0 Å². The van der Waals surface area contributed by atoms with E-state index in [1.54, 1.807) is 0 Å². The summed E-state index contributed by atoms with van der Waals surface area (Å²) in [5.74, 6) is 0. The van der Waals surface area contributed by atoms with Gasteiger partial charge in [-0.2, -0.15) is 5.26 Å². The van der Waals surface area contributed by atoms with Crippen LogP contribution in [0.4, 0.5) is 0 Å². The molecule has 0 radical (unpaired) electrons. The van der Waals surface area contributed by atoms with Crippen LogP contribution in [-0.2, 0) is 12.8 Å². The highest BCUT2D eigenvalue weighted by Gasteiger charge is 2.18. The molecular formula is C29H21NS. The molecule has 1 heterocycles. The van der Waals surface area contributed by atoms with E-state index < -0.39 is 0 Å². The number of hydrogen-bond donors (Lipinski definition) is 0. The van der Waals surface area contributed by atoms with E-state index in [9.17, 15) is 5.26 Å². The van der Waals surface area contributed by atoms with Gasteiger partial charge in [-0.3, -0.25) is 0 Å². The van der Waals surface area contributed by atoms with Crippen molar-refractivity contribution in [1.29, 1.82) is 5.26 Å². The van der Waals surface area contributed by atoms with Crippen LogP contribution in [0.5, 0.6) is 0 Å². The zero-order valence-electron chi connectivity index (χ0n) is 17.1. The Kier molecular flexibility index (Phi) is 5.35. The van der Waals surface area contributed by atoms with E-state index in [0.29, 0.717) is 0 Å². The third kappa shape index (κ3) is 4.01. The van der Waals surface area contributed by atoms with E-state index in [1.807, 2.05) is 23.5 Å². The van der Waals surface area contributed by atoms with E-state index in [4.69, 9.17) is 0 Å². The Morgan fingerprint density at radius 3 is 1.87 bits per heavy atom. The number of benzene rings is 4. The summed E-state index contributed by atoms with van der Waals surface area (Å²) >= 11 is 1.85. The van der Waals surface area contributed by atoms with Gasteiger partial charge in [0.15, 0.2) is 0 Å². The smallest absolute Gasteiger partial charge is 0.0995 e. The lowest BCUT2D eigenvalue weighted by atomic mass is 9.90. The van der Waals surface area contributed by atoms with Crippen LogP contribution < -0.4 is 0 Å². The minimum absolute atomic E-state index is 0.746. The highest BCUT2D eigenvalue weighted by molar-refractivity contribution is 7.19. The first-order valence-corrected chi connectivity index (χ1v) is 11.2. The van der Waals surface area contributed by atoms with Crippen LogP contribution in [0.3, 0.4) is 0 Å². The predicted molar refractivity (Wildman–Crippen MR) is 130 cm³/mol. The Bertz CT molecular complexity index is 1360. The van der Waals surface area contributed by atoms with Crippen LogP contribution in [-0.4, -0.2) is 0 Å². The summed E-state index contributed by atoms with van der Waals surface area (Å²) < 4.78 is 1.27. The van der Waals surface area contributed by atoms with Crippen molar-refractivity contribution < 1.29 is 0 Å².